The number of nitrogens with one attached hydrogen (secondary N) is 1. The molecule has 2 heterocycles. The fraction of sp³-hybridized carbons (Fsp3) is 0.700. The minimum atomic E-state index is -0.267. The predicted octanol–water partition coefficient (Wildman–Crippen LogP) is -0.627. The minimum absolute atomic E-state index is 0.177. The second kappa shape index (κ2) is 5.32. The second-order valence-electron chi connectivity index (χ2n) is 4.37. The Morgan fingerprint density at radius 3 is 2.83 bits per heavy atom. The monoisotopic (exact) mass is 254 g/mol. The van der Waals surface area contributed by atoms with Gasteiger partial charge in [-0.15, -0.1) is 0 Å². The van der Waals surface area contributed by atoms with Crippen LogP contribution < -0.4 is 20.9 Å². The molecule has 1 aliphatic heterocycles. The van der Waals surface area contributed by atoms with E-state index in [0.29, 0.717) is 25.5 Å². The first kappa shape index (κ1) is 12.8. The van der Waals surface area contributed by atoms with Crippen LogP contribution in [0.2, 0.25) is 0 Å². The highest BCUT2D eigenvalue weighted by atomic mass is 16.5. The summed E-state index contributed by atoms with van der Waals surface area (Å²) < 4.78 is 5.00. The van der Waals surface area contributed by atoms with Crippen molar-refractivity contribution < 1.29 is 9.84 Å². The van der Waals surface area contributed by atoms with Gasteiger partial charge < -0.3 is 14.7 Å². The molecule has 0 spiro atoms. The number of rotatable bonds is 3. The number of hydrazine groups is 1. The summed E-state index contributed by atoms with van der Waals surface area (Å²) in [5.41, 5.74) is 2.38. The molecular formula is C10H18N6O2. The van der Waals surface area contributed by atoms with E-state index < -0.39 is 0 Å². The topological polar surface area (TPSA) is 109 Å². The van der Waals surface area contributed by atoms with Gasteiger partial charge in [-0.05, 0) is 12.3 Å². The van der Waals surface area contributed by atoms with Crippen molar-refractivity contribution in [3.63, 3.8) is 0 Å². The van der Waals surface area contributed by atoms with Gasteiger partial charge >= 0.3 is 6.01 Å². The number of nitrogen functional groups attached to an aromatic ring is 1. The molecule has 0 bridgehead atoms. The minimum Gasteiger partial charge on any atom is -0.467 e. The van der Waals surface area contributed by atoms with E-state index in [9.17, 15) is 5.11 Å². The molecule has 18 heavy (non-hydrogen) atoms. The van der Waals surface area contributed by atoms with Gasteiger partial charge in [-0.1, -0.05) is 6.92 Å². The Morgan fingerprint density at radius 2 is 2.22 bits per heavy atom. The largest absolute Gasteiger partial charge is 0.467 e. The van der Waals surface area contributed by atoms with Crippen molar-refractivity contribution >= 4 is 11.9 Å². The molecule has 1 aliphatic rings. The summed E-state index contributed by atoms with van der Waals surface area (Å²) in [5.74, 6) is 6.25. The molecule has 2 rings (SSSR count). The molecule has 8 heteroatoms. The first-order valence-corrected chi connectivity index (χ1v) is 5.83. The van der Waals surface area contributed by atoms with Gasteiger partial charge in [0.25, 0.3) is 0 Å². The van der Waals surface area contributed by atoms with Gasteiger partial charge in [0, 0.05) is 13.1 Å². The van der Waals surface area contributed by atoms with Crippen LogP contribution in [0.1, 0.15) is 13.3 Å². The van der Waals surface area contributed by atoms with E-state index >= 15 is 0 Å². The van der Waals surface area contributed by atoms with Gasteiger partial charge in [-0.2, -0.15) is 15.0 Å². The number of nitrogens with zero attached hydrogens (tertiary/aromatic N) is 4. The number of hydrogen-bond acceptors (Lipinski definition) is 8. The highest BCUT2D eigenvalue weighted by Crippen LogP contribution is 2.22. The Bertz CT molecular complexity index is 393. The molecule has 0 radical (unpaired) electrons. The third-order valence-electron chi connectivity index (χ3n) is 3.06. The van der Waals surface area contributed by atoms with E-state index in [0.717, 1.165) is 0 Å². The summed E-state index contributed by atoms with van der Waals surface area (Å²) in [6.07, 6.45) is 0.428. The normalized spacial score (nSPS) is 23.9. The smallest absolute Gasteiger partial charge is 0.322 e. The summed E-state index contributed by atoms with van der Waals surface area (Å²) in [7, 11) is 1.49. The fourth-order valence-electron chi connectivity index (χ4n) is 1.96. The molecule has 100 valence electrons. The third kappa shape index (κ3) is 2.59. The third-order valence-corrected chi connectivity index (χ3v) is 3.06. The van der Waals surface area contributed by atoms with Crippen molar-refractivity contribution in [3.8, 4) is 6.01 Å². The number of anilines is 2. The highest BCUT2D eigenvalue weighted by molar-refractivity contribution is 5.38. The Labute approximate surface area is 105 Å². The van der Waals surface area contributed by atoms with Gasteiger partial charge in [0.05, 0.1) is 13.2 Å². The molecular weight excluding hydrogens is 236 g/mol. The van der Waals surface area contributed by atoms with Crippen LogP contribution in [-0.2, 0) is 0 Å². The average Bonchev–Trinajstić information content (AvgIpc) is 2.41. The number of methoxy groups -OCH3 is 1. The van der Waals surface area contributed by atoms with Crippen LogP contribution >= 0.6 is 0 Å². The molecule has 0 aromatic carbocycles. The summed E-state index contributed by atoms with van der Waals surface area (Å²) in [6, 6.07) is 0.215. The Morgan fingerprint density at radius 1 is 1.44 bits per heavy atom. The summed E-state index contributed by atoms with van der Waals surface area (Å²) in [6.45, 7) is 3.39. The number of nitrogens with two attached hydrogens (primary N) is 1. The van der Waals surface area contributed by atoms with E-state index in [1.165, 1.54) is 7.11 Å². The summed E-state index contributed by atoms with van der Waals surface area (Å²) in [4.78, 5) is 14.3. The van der Waals surface area contributed by atoms with Crippen molar-refractivity contribution in [3.05, 3.63) is 0 Å². The Hall–Kier alpha value is -1.67. The first-order chi connectivity index (χ1) is 8.63. The molecule has 1 saturated heterocycles. The number of hydrogen-bond donors (Lipinski definition) is 3. The van der Waals surface area contributed by atoms with Gasteiger partial charge in [0.15, 0.2) is 0 Å². The lowest BCUT2D eigenvalue weighted by molar-refractivity contribution is 0.0966. The van der Waals surface area contributed by atoms with Crippen molar-refractivity contribution in [2.75, 3.05) is 30.5 Å². The lowest BCUT2D eigenvalue weighted by atomic mass is 9.97. The summed E-state index contributed by atoms with van der Waals surface area (Å²) >= 11 is 0. The van der Waals surface area contributed by atoms with Crippen LogP contribution in [0.5, 0.6) is 6.01 Å². The highest BCUT2D eigenvalue weighted by Gasteiger charge is 2.26. The SMILES string of the molecule is COc1nc(NN)nc(N2CCC(O)C(C)C2)n1. The van der Waals surface area contributed by atoms with E-state index in [4.69, 9.17) is 10.6 Å². The quantitative estimate of drug-likeness (QED) is 0.483. The molecule has 2 unspecified atom stereocenters. The number of ether oxygens (including phenoxy) is 1. The Kier molecular flexibility index (Phi) is 3.78. The predicted molar refractivity (Wildman–Crippen MR) is 66.2 cm³/mol. The van der Waals surface area contributed by atoms with Crippen LogP contribution in [0.3, 0.4) is 0 Å². The molecule has 1 aromatic rings. The average molecular weight is 254 g/mol. The van der Waals surface area contributed by atoms with Crippen LogP contribution in [0.25, 0.3) is 0 Å². The fourth-order valence-corrected chi connectivity index (χ4v) is 1.96. The van der Waals surface area contributed by atoms with Crippen molar-refractivity contribution in [1.82, 2.24) is 15.0 Å². The maximum atomic E-state index is 9.71. The zero-order valence-corrected chi connectivity index (χ0v) is 10.5. The van der Waals surface area contributed by atoms with Crippen molar-refractivity contribution in [1.29, 1.82) is 0 Å². The van der Waals surface area contributed by atoms with Gasteiger partial charge in [0.2, 0.25) is 11.9 Å². The maximum Gasteiger partial charge on any atom is 0.322 e. The standard InChI is InChI=1S/C10H18N6O2/c1-6-5-16(4-3-7(6)17)9-12-8(15-11)13-10(14-9)18-2/h6-7,17H,3-5,11H2,1-2H3,(H,12,13,14,15). The molecule has 0 aliphatic carbocycles. The molecule has 4 N–H and O–H groups in total. The lowest BCUT2D eigenvalue weighted by Crippen LogP contribution is -2.42. The first-order valence-electron chi connectivity index (χ1n) is 5.83. The van der Waals surface area contributed by atoms with E-state index in [1.54, 1.807) is 0 Å². The Balaban J connectivity index is 2.22. The number of piperidine rings is 1. The molecule has 0 amide bonds. The van der Waals surface area contributed by atoms with E-state index in [2.05, 4.69) is 20.4 Å². The van der Waals surface area contributed by atoms with E-state index in [1.807, 2.05) is 11.8 Å². The zero-order valence-electron chi connectivity index (χ0n) is 10.5. The second-order valence-corrected chi connectivity index (χ2v) is 4.37. The van der Waals surface area contributed by atoms with Crippen LogP contribution in [-0.4, -0.2) is 46.4 Å². The number of aliphatic hydroxyl groups is 1. The molecule has 2 atom stereocenters. The van der Waals surface area contributed by atoms with Crippen molar-refractivity contribution in [2.45, 2.75) is 19.4 Å². The van der Waals surface area contributed by atoms with Gasteiger partial charge in [-0.25, -0.2) is 5.84 Å². The molecule has 0 saturated carbocycles. The summed E-state index contributed by atoms with van der Waals surface area (Å²) in [5, 5.41) is 9.71. The van der Waals surface area contributed by atoms with E-state index in [-0.39, 0.29) is 24.0 Å². The van der Waals surface area contributed by atoms with Gasteiger partial charge in [-0.3, -0.25) is 5.43 Å². The molecule has 8 nitrogen and oxygen atoms in total. The van der Waals surface area contributed by atoms with Crippen LogP contribution in [0.15, 0.2) is 0 Å². The number of aromatic nitrogens is 3. The van der Waals surface area contributed by atoms with Crippen LogP contribution in [0.4, 0.5) is 11.9 Å². The number of aliphatic hydroxyl groups excluding tert-OH is 1. The van der Waals surface area contributed by atoms with Crippen LogP contribution in [0, 0.1) is 5.92 Å². The molecule has 1 fully saturated rings. The molecule has 1 aromatic heterocycles. The van der Waals surface area contributed by atoms with Crippen molar-refractivity contribution in [2.24, 2.45) is 11.8 Å². The maximum absolute atomic E-state index is 9.71. The van der Waals surface area contributed by atoms with Gasteiger partial charge in [0.1, 0.15) is 0 Å². The zero-order chi connectivity index (χ0) is 13.1. The lowest BCUT2D eigenvalue weighted by Gasteiger charge is -2.34.